The Morgan fingerprint density at radius 3 is 2.81 bits per heavy atom. The first-order valence-corrected chi connectivity index (χ1v) is 6.90. The summed E-state index contributed by atoms with van der Waals surface area (Å²) in [5.74, 6) is -0.490. The molecule has 6 heteroatoms. The number of hydrogen-bond donors (Lipinski definition) is 3. The molecular formula is C15H18N2O4. The van der Waals surface area contributed by atoms with Gasteiger partial charge < -0.3 is 14.9 Å². The number of methoxy groups -OCH3 is 1. The fourth-order valence-corrected chi connectivity index (χ4v) is 3.22. The molecule has 3 rings (SSSR count). The number of aliphatic imine (C=N–C) groups is 1. The van der Waals surface area contributed by atoms with Crippen LogP contribution < -0.4 is 5.32 Å². The molecule has 1 unspecified atom stereocenters. The number of aliphatic hydroxyl groups is 2. The topological polar surface area (TPSA) is 91.2 Å². The van der Waals surface area contributed by atoms with Gasteiger partial charge in [-0.05, 0) is 18.1 Å². The summed E-state index contributed by atoms with van der Waals surface area (Å²) in [7, 11) is 1.33. The molecule has 1 aromatic carbocycles. The molecule has 21 heavy (non-hydrogen) atoms. The van der Waals surface area contributed by atoms with Crippen LogP contribution >= 0.6 is 0 Å². The van der Waals surface area contributed by atoms with Crippen molar-refractivity contribution in [2.45, 2.75) is 23.9 Å². The van der Waals surface area contributed by atoms with Crippen LogP contribution in [0.3, 0.4) is 0 Å². The predicted molar refractivity (Wildman–Crippen MR) is 76.7 cm³/mol. The Morgan fingerprint density at radius 2 is 2.14 bits per heavy atom. The standard InChI is InChI=1S/C15H18N2O4/c1-21-14(20)12-6-10-9-4-2-3-5-11(9)16-13(10)15(7-18,8-19)17-12/h2-5,10,12,17-19H,6-8H2,1H3/t10?,12-/m0/s1. The van der Waals surface area contributed by atoms with Crippen LogP contribution in [0.4, 0.5) is 5.69 Å². The van der Waals surface area contributed by atoms with Gasteiger partial charge in [-0.3, -0.25) is 15.1 Å². The summed E-state index contributed by atoms with van der Waals surface area (Å²) in [5.41, 5.74) is 1.44. The molecule has 2 heterocycles. The molecule has 1 fully saturated rings. The first kappa shape index (κ1) is 14.2. The monoisotopic (exact) mass is 290 g/mol. The maximum absolute atomic E-state index is 11.9. The summed E-state index contributed by atoms with van der Waals surface area (Å²) in [4.78, 5) is 16.5. The van der Waals surface area contributed by atoms with E-state index in [0.717, 1.165) is 11.3 Å². The van der Waals surface area contributed by atoms with Crippen molar-refractivity contribution in [3.63, 3.8) is 0 Å². The zero-order chi connectivity index (χ0) is 15.0. The van der Waals surface area contributed by atoms with E-state index in [1.165, 1.54) is 7.11 Å². The number of carbonyl (C=O) groups excluding carboxylic acids is 1. The number of piperidine rings is 1. The summed E-state index contributed by atoms with van der Waals surface area (Å²) >= 11 is 0. The molecule has 0 aromatic heterocycles. The van der Waals surface area contributed by atoms with Crippen molar-refractivity contribution >= 4 is 17.4 Å². The van der Waals surface area contributed by atoms with Crippen LogP contribution in [-0.2, 0) is 9.53 Å². The normalized spacial score (nSPS) is 25.8. The fourth-order valence-electron chi connectivity index (χ4n) is 3.22. The van der Waals surface area contributed by atoms with E-state index in [0.29, 0.717) is 12.1 Å². The van der Waals surface area contributed by atoms with Crippen LogP contribution in [0.2, 0.25) is 0 Å². The maximum atomic E-state index is 11.9. The minimum absolute atomic E-state index is 0.0918. The lowest BCUT2D eigenvalue weighted by atomic mass is 9.76. The zero-order valence-electron chi connectivity index (χ0n) is 11.7. The summed E-state index contributed by atoms with van der Waals surface area (Å²) in [5, 5.41) is 22.6. The summed E-state index contributed by atoms with van der Waals surface area (Å²) < 4.78 is 4.80. The van der Waals surface area contributed by atoms with E-state index in [-0.39, 0.29) is 19.1 Å². The number of benzene rings is 1. The minimum Gasteiger partial charge on any atom is -0.468 e. The molecule has 2 aliphatic rings. The fraction of sp³-hybridized carbons (Fsp3) is 0.467. The molecule has 0 radical (unpaired) electrons. The predicted octanol–water partition coefficient (Wildman–Crippen LogP) is 0.115. The average Bonchev–Trinajstić information content (AvgIpc) is 2.92. The quantitative estimate of drug-likeness (QED) is 0.688. The summed E-state index contributed by atoms with van der Waals surface area (Å²) in [6.45, 7) is -0.666. The van der Waals surface area contributed by atoms with Crippen molar-refractivity contribution in [3.8, 4) is 0 Å². The number of para-hydroxylation sites is 1. The van der Waals surface area contributed by atoms with E-state index < -0.39 is 17.6 Å². The van der Waals surface area contributed by atoms with E-state index in [1.807, 2.05) is 24.3 Å². The van der Waals surface area contributed by atoms with Crippen molar-refractivity contribution in [1.29, 1.82) is 0 Å². The van der Waals surface area contributed by atoms with E-state index >= 15 is 0 Å². The average molecular weight is 290 g/mol. The van der Waals surface area contributed by atoms with E-state index in [4.69, 9.17) is 4.74 Å². The molecule has 2 atom stereocenters. The number of carbonyl (C=O) groups is 1. The molecule has 0 amide bonds. The van der Waals surface area contributed by atoms with Gasteiger partial charge in [0.15, 0.2) is 0 Å². The third kappa shape index (κ3) is 2.07. The van der Waals surface area contributed by atoms with Crippen LogP contribution in [0.15, 0.2) is 29.3 Å². The van der Waals surface area contributed by atoms with Gasteiger partial charge in [0, 0.05) is 5.92 Å². The lowest BCUT2D eigenvalue weighted by molar-refractivity contribution is -0.144. The first-order chi connectivity index (χ1) is 10.1. The minimum atomic E-state index is -1.10. The highest BCUT2D eigenvalue weighted by Crippen LogP contribution is 2.43. The molecule has 0 spiro atoms. The van der Waals surface area contributed by atoms with Gasteiger partial charge in [-0.2, -0.15) is 0 Å². The number of nitrogens with one attached hydrogen (secondary N) is 1. The highest BCUT2D eigenvalue weighted by Gasteiger charge is 2.50. The van der Waals surface area contributed by atoms with Gasteiger partial charge in [0.1, 0.15) is 11.6 Å². The largest absolute Gasteiger partial charge is 0.468 e. The molecule has 3 N–H and O–H groups in total. The lowest BCUT2D eigenvalue weighted by Gasteiger charge is -2.42. The van der Waals surface area contributed by atoms with Crippen molar-refractivity contribution in [2.24, 2.45) is 4.99 Å². The van der Waals surface area contributed by atoms with Crippen LogP contribution in [0.1, 0.15) is 17.9 Å². The Bertz CT molecular complexity index is 595. The second-order valence-electron chi connectivity index (χ2n) is 5.46. The summed E-state index contributed by atoms with van der Waals surface area (Å²) in [6, 6.07) is 7.10. The Kier molecular flexibility index (Phi) is 3.52. The first-order valence-electron chi connectivity index (χ1n) is 6.90. The van der Waals surface area contributed by atoms with Crippen LogP contribution in [0, 0.1) is 0 Å². The number of esters is 1. The smallest absolute Gasteiger partial charge is 0.322 e. The van der Waals surface area contributed by atoms with Crippen LogP contribution in [-0.4, -0.2) is 53.8 Å². The number of rotatable bonds is 3. The van der Waals surface area contributed by atoms with Crippen molar-refractivity contribution in [2.75, 3.05) is 20.3 Å². The van der Waals surface area contributed by atoms with Gasteiger partial charge in [-0.25, -0.2) is 0 Å². The molecule has 1 aromatic rings. The molecule has 0 saturated carbocycles. The number of aliphatic hydroxyl groups excluding tert-OH is 2. The molecule has 112 valence electrons. The summed E-state index contributed by atoms with van der Waals surface area (Å²) in [6.07, 6.45) is 0.504. The lowest BCUT2D eigenvalue weighted by Crippen LogP contribution is -2.67. The molecular weight excluding hydrogens is 272 g/mol. The highest BCUT2D eigenvalue weighted by atomic mass is 16.5. The zero-order valence-corrected chi connectivity index (χ0v) is 11.7. The molecule has 2 aliphatic heterocycles. The number of fused-ring (bicyclic) bond motifs is 3. The SMILES string of the molecule is COC(=O)[C@@H]1CC2C(=Nc3ccccc32)C(CO)(CO)N1. The second kappa shape index (κ2) is 5.22. The Balaban J connectivity index is 2.05. The number of ether oxygens (including phenoxy) is 1. The van der Waals surface area contributed by atoms with E-state index in [1.54, 1.807) is 0 Å². The van der Waals surface area contributed by atoms with Gasteiger partial charge in [-0.15, -0.1) is 0 Å². The number of hydrogen-bond acceptors (Lipinski definition) is 6. The molecule has 6 nitrogen and oxygen atoms in total. The van der Waals surface area contributed by atoms with Gasteiger partial charge in [-0.1, -0.05) is 18.2 Å². The highest BCUT2D eigenvalue weighted by molar-refractivity contribution is 6.06. The Labute approximate surface area is 122 Å². The van der Waals surface area contributed by atoms with Crippen LogP contribution in [0.5, 0.6) is 0 Å². The Morgan fingerprint density at radius 1 is 1.43 bits per heavy atom. The third-order valence-electron chi connectivity index (χ3n) is 4.32. The van der Waals surface area contributed by atoms with Crippen LogP contribution in [0.25, 0.3) is 0 Å². The molecule has 1 saturated heterocycles. The maximum Gasteiger partial charge on any atom is 0.322 e. The van der Waals surface area contributed by atoms with Gasteiger partial charge in [0.05, 0.1) is 31.7 Å². The second-order valence-corrected chi connectivity index (χ2v) is 5.46. The van der Waals surface area contributed by atoms with Gasteiger partial charge in [0.2, 0.25) is 0 Å². The van der Waals surface area contributed by atoms with Gasteiger partial charge in [0.25, 0.3) is 0 Å². The van der Waals surface area contributed by atoms with Crippen molar-refractivity contribution in [3.05, 3.63) is 29.8 Å². The van der Waals surface area contributed by atoms with Crippen molar-refractivity contribution < 1.29 is 19.7 Å². The third-order valence-corrected chi connectivity index (χ3v) is 4.32. The molecule has 0 bridgehead atoms. The van der Waals surface area contributed by atoms with E-state index in [2.05, 4.69) is 10.3 Å². The van der Waals surface area contributed by atoms with Crippen molar-refractivity contribution in [1.82, 2.24) is 5.32 Å². The van der Waals surface area contributed by atoms with E-state index in [9.17, 15) is 15.0 Å². The van der Waals surface area contributed by atoms with Gasteiger partial charge >= 0.3 is 5.97 Å². The number of nitrogens with zero attached hydrogens (tertiary/aromatic N) is 1. The molecule has 0 aliphatic carbocycles. The Hall–Kier alpha value is -1.76.